The summed E-state index contributed by atoms with van der Waals surface area (Å²) in [4.78, 5) is 21.9. The van der Waals surface area contributed by atoms with Crippen molar-refractivity contribution in [3.05, 3.63) is 37.9 Å². The zero-order valence-electron chi connectivity index (χ0n) is 9.81. The Hall–Kier alpha value is -1.84. The fourth-order valence-corrected chi connectivity index (χ4v) is 1.70. The van der Waals surface area contributed by atoms with E-state index in [4.69, 9.17) is 28.5 Å². The molecule has 0 aliphatic carbocycles. The molecule has 0 saturated heterocycles. The molecule has 0 aliphatic rings. The van der Waals surface area contributed by atoms with E-state index in [1.165, 1.54) is 6.07 Å². The second kappa shape index (κ2) is 6.36. The van der Waals surface area contributed by atoms with Crippen molar-refractivity contribution in [2.45, 2.75) is 19.4 Å². The molecular formula is C11H9Cl2N3O3. The van der Waals surface area contributed by atoms with Gasteiger partial charge in [0.2, 0.25) is 0 Å². The molecule has 0 saturated carbocycles. The van der Waals surface area contributed by atoms with Crippen molar-refractivity contribution < 1.29 is 9.72 Å². The summed E-state index contributed by atoms with van der Waals surface area (Å²) in [7, 11) is 0. The van der Waals surface area contributed by atoms with E-state index in [0.29, 0.717) is 6.42 Å². The number of hydrogen-bond donors (Lipinski definition) is 1. The highest BCUT2D eigenvalue weighted by molar-refractivity contribution is 6.43. The summed E-state index contributed by atoms with van der Waals surface area (Å²) in [5.41, 5.74) is -0.473. The van der Waals surface area contributed by atoms with Crippen LogP contribution < -0.4 is 5.32 Å². The van der Waals surface area contributed by atoms with Crippen LogP contribution in [0.25, 0.3) is 0 Å². The lowest BCUT2D eigenvalue weighted by Gasteiger charge is -2.09. The van der Waals surface area contributed by atoms with E-state index in [0.717, 1.165) is 6.07 Å². The number of amides is 1. The third kappa shape index (κ3) is 3.56. The van der Waals surface area contributed by atoms with Crippen LogP contribution in [-0.2, 0) is 0 Å². The Labute approximate surface area is 119 Å². The molecule has 19 heavy (non-hydrogen) atoms. The largest absolute Gasteiger partial charge is 0.336 e. The van der Waals surface area contributed by atoms with Crippen LogP contribution >= 0.6 is 23.2 Å². The number of nitriles is 1. The topological polar surface area (TPSA) is 96.0 Å². The Kier molecular flexibility index (Phi) is 5.10. The third-order valence-corrected chi connectivity index (χ3v) is 3.13. The average molecular weight is 302 g/mol. The fraction of sp³-hybridized carbons (Fsp3) is 0.273. The number of nitro benzene ring substituents is 1. The van der Waals surface area contributed by atoms with Gasteiger partial charge in [0.05, 0.1) is 16.0 Å². The Morgan fingerprint density at radius 2 is 2.21 bits per heavy atom. The highest BCUT2D eigenvalue weighted by Gasteiger charge is 2.21. The van der Waals surface area contributed by atoms with Gasteiger partial charge < -0.3 is 5.32 Å². The van der Waals surface area contributed by atoms with Gasteiger partial charge in [-0.15, -0.1) is 0 Å². The van der Waals surface area contributed by atoms with Crippen LogP contribution in [0.15, 0.2) is 12.1 Å². The molecule has 1 aromatic carbocycles. The minimum atomic E-state index is -0.730. The molecule has 0 radical (unpaired) electrons. The molecule has 1 aromatic rings. The van der Waals surface area contributed by atoms with Gasteiger partial charge in [0.1, 0.15) is 11.1 Å². The summed E-state index contributed by atoms with van der Waals surface area (Å²) < 4.78 is 0. The Morgan fingerprint density at radius 1 is 1.58 bits per heavy atom. The van der Waals surface area contributed by atoms with Gasteiger partial charge in [0, 0.05) is 11.6 Å². The first-order chi connectivity index (χ1) is 8.90. The van der Waals surface area contributed by atoms with E-state index in [-0.39, 0.29) is 15.6 Å². The Morgan fingerprint density at radius 3 is 2.68 bits per heavy atom. The highest BCUT2D eigenvalue weighted by atomic mass is 35.5. The van der Waals surface area contributed by atoms with Crippen LogP contribution in [0, 0.1) is 21.4 Å². The minimum Gasteiger partial charge on any atom is -0.336 e. The van der Waals surface area contributed by atoms with Gasteiger partial charge in [-0.25, -0.2) is 0 Å². The predicted molar refractivity (Wildman–Crippen MR) is 70.3 cm³/mol. The van der Waals surface area contributed by atoms with E-state index in [1.807, 2.05) is 6.07 Å². The lowest BCUT2D eigenvalue weighted by Crippen LogP contribution is -2.33. The predicted octanol–water partition coefficient (Wildman–Crippen LogP) is 2.93. The average Bonchev–Trinajstić information content (AvgIpc) is 2.38. The molecule has 0 bridgehead atoms. The van der Waals surface area contributed by atoms with Crippen molar-refractivity contribution in [3.63, 3.8) is 0 Å². The van der Waals surface area contributed by atoms with Crippen LogP contribution in [0.4, 0.5) is 5.69 Å². The van der Waals surface area contributed by atoms with Crippen molar-refractivity contribution in [1.29, 1.82) is 5.26 Å². The van der Waals surface area contributed by atoms with Crippen LogP contribution in [0.2, 0.25) is 10.0 Å². The molecule has 0 spiro atoms. The summed E-state index contributed by atoms with van der Waals surface area (Å²) in [6, 6.07) is 3.47. The number of carbonyl (C=O) groups is 1. The molecule has 1 unspecified atom stereocenters. The SMILES string of the molecule is CCC(C#N)NC(=O)c1cc(Cl)c(Cl)c([N+](=O)[O-])c1. The van der Waals surface area contributed by atoms with Gasteiger partial charge in [0.25, 0.3) is 11.6 Å². The maximum Gasteiger partial charge on any atom is 0.290 e. The normalized spacial score (nSPS) is 11.5. The number of nitrogens with zero attached hydrogens (tertiary/aromatic N) is 2. The van der Waals surface area contributed by atoms with Crippen LogP contribution in [0.5, 0.6) is 0 Å². The lowest BCUT2D eigenvalue weighted by molar-refractivity contribution is -0.384. The first kappa shape index (κ1) is 15.2. The molecule has 1 N–H and O–H groups in total. The van der Waals surface area contributed by atoms with Crippen molar-refractivity contribution in [1.82, 2.24) is 5.32 Å². The summed E-state index contributed by atoms with van der Waals surface area (Å²) in [6.07, 6.45) is 0.422. The van der Waals surface area contributed by atoms with Gasteiger partial charge in [-0.2, -0.15) is 5.26 Å². The molecule has 1 atom stereocenters. The van der Waals surface area contributed by atoms with Crippen LogP contribution in [0.1, 0.15) is 23.7 Å². The zero-order chi connectivity index (χ0) is 14.6. The molecule has 6 nitrogen and oxygen atoms in total. The number of halogens is 2. The Balaban J connectivity index is 3.12. The van der Waals surface area contributed by atoms with E-state index >= 15 is 0 Å². The fourth-order valence-electron chi connectivity index (χ4n) is 1.31. The molecule has 0 heterocycles. The summed E-state index contributed by atoms with van der Waals surface area (Å²) in [6.45, 7) is 1.73. The standard InChI is InChI=1S/C11H9Cl2N3O3/c1-2-7(5-14)15-11(17)6-3-8(12)10(13)9(4-6)16(18)19/h3-4,7H,2H2,1H3,(H,15,17). The van der Waals surface area contributed by atoms with Crippen LogP contribution in [0.3, 0.4) is 0 Å². The number of rotatable bonds is 4. The molecular weight excluding hydrogens is 293 g/mol. The van der Waals surface area contributed by atoms with E-state index < -0.39 is 22.6 Å². The highest BCUT2D eigenvalue weighted by Crippen LogP contribution is 2.33. The van der Waals surface area contributed by atoms with Crippen molar-refractivity contribution in [3.8, 4) is 6.07 Å². The smallest absolute Gasteiger partial charge is 0.290 e. The summed E-state index contributed by atoms with van der Waals surface area (Å²) >= 11 is 11.4. The van der Waals surface area contributed by atoms with Crippen molar-refractivity contribution in [2.24, 2.45) is 0 Å². The number of hydrogen-bond acceptors (Lipinski definition) is 4. The molecule has 1 amide bonds. The summed E-state index contributed by atoms with van der Waals surface area (Å²) in [5, 5.41) is 21.6. The summed E-state index contributed by atoms with van der Waals surface area (Å²) in [5.74, 6) is -0.616. The molecule has 100 valence electrons. The van der Waals surface area contributed by atoms with E-state index in [2.05, 4.69) is 5.32 Å². The number of nitro groups is 1. The number of benzene rings is 1. The van der Waals surface area contributed by atoms with Gasteiger partial charge >= 0.3 is 0 Å². The van der Waals surface area contributed by atoms with E-state index in [1.54, 1.807) is 6.92 Å². The number of carbonyl (C=O) groups excluding carboxylic acids is 1. The lowest BCUT2D eigenvalue weighted by atomic mass is 10.1. The van der Waals surface area contributed by atoms with Gasteiger partial charge in [-0.05, 0) is 12.5 Å². The maximum atomic E-state index is 11.8. The molecule has 0 fully saturated rings. The van der Waals surface area contributed by atoms with Gasteiger partial charge in [0.15, 0.2) is 0 Å². The monoisotopic (exact) mass is 301 g/mol. The Bertz CT molecular complexity index is 569. The van der Waals surface area contributed by atoms with Crippen molar-refractivity contribution in [2.75, 3.05) is 0 Å². The quantitative estimate of drug-likeness (QED) is 0.683. The first-order valence-corrected chi connectivity index (χ1v) is 6.00. The second-order valence-corrected chi connectivity index (χ2v) is 4.40. The second-order valence-electron chi connectivity index (χ2n) is 3.61. The molecule has 8 heteroatoms. The van der Waals surface area contributed by atoms with E-state index in [9.17, 15) is 14.9 Å². The maximum absolute atomic E-state index is 11.8. The van der Waals surface area contributed by atoms with Gasteiger partial charge in [-0.3, -0.25) is 14.9 Å². The zero-order valence-corrected chi connectivity index (χ0v) is 11.3. The third-order valence-electron chi connectivity index (χ3n) is 2.34. The molecule has 1 rings (SSSR count). The molecule has 0 aromatic heterocycles. The van der Waals surface area contributed by atoms with Crippen molar-refractivity contribution >= 4 is 34.8 Å². The number of nitrogens with one attached hydrogen (secondary N) is 1. The minimum absolute atomic E-state index is 0.0187. The first-order valence-electron chi connectivity index (χ1n) is 5.24. The van der Waals surface area contributed by atoms with Crippen LogP contribution in [-0.4, -0.2) is 16.9 Å². The van der Waals surface area contributed by atoms with Gasteiger partial charge in [-0.1, -0.05) is 30.1 Å². The molecule has 0 aliphatic heterocycles.